The lowest BCUT2D eigenvalue weighted by atomic mass is 10.2. The van der Waals surface area contributed by atoms with Crippen LogP contribution in [0.2, 0.25) is 0 Å². The maximum Gasteiger partial charge on any atom is 0.268 e. The molecule has 128 valence electrons. The summed E-state index contributed by atoms with van der Waals surface area (Å²) in [4.78, 5) is 29.9. The van der Waals surface area contributed by atoms with Gasteiger partial charge in [-0.05, 0) is 19.1 Å². The van der Waals surface area contributed by atoms with E-state index >= 15 is 0 Å². The molecule has 0 saturated heterocycles. The summed E-state index contributed by atoms with van der Waals surface area (Å²) >= 11 is 2.89. The van der Waals surface area contributed by atoms with Gasteiger partial charge in [0.05, 0.1) is 29.2 Å². The summed E-state index contributed by atoms with van der Waals surface area (Å²) < 4.78 is 6.82. The molecule has 0 aromatic carbocycles. The maximum atomic E-state index is 12.6. The van der Waals surface area contributed by atoms with Crippen LogP contribution in [0.3, 0.4) is 0 Å². The zero-order valence-electron chi connectivity index (χ0n) is 13.6. The number of rotatable bonds is 6. The molecule has 1 atom stereocenters. The molecule has 3 heterocycles. The molecule has 24 heavy (non-hydrogen) atoms. The average molecular weight is 365 g/mol. The molecule has 0 fully saturated rings. The van der Waals surface area contributed by atoms with Crippen molar-refractivity contribution in [1.29, 1.82) is 0 Å². The Morgan fingerprint density at radius 2 is 2.42 bits per heavy atom. The third-order valence-corrected chi connectivity index (χ3v) is 5.84. The predicted octanol–water partition coefficient (Wildman–Crippen LogP) is 2.30. The molecule has 2 aromatic rings. The summed E-state index contributed by atoms with van der Waals surface area (Å²) in [5.74, 6) is 0.811. The molecule has 1 aliphatic rings. The quantitative estimate of drug-likeness (QED) is 0.625. The van der Waals surface area contributed by atoms with Crippen molar-refractivity contribution in [3.05, 3.63) is 40.2 Å². The number of carbonyl (C=O) groups is 1. The molecule has 0 radical (unpaired) electrons. The van der Waals surface area contributed by atoms with Gasteiger partial charge in [-0.2, -0.15) is 0 Å². The Morgan fingerprint density at radius 3 is 3.12 bits per heavy atom. The third-order valence-electron chi connectivity index (χ3n) is 3.65. The van der Waals surface area contributed by atoms with Gasteiger partial charge in [0.15, 0.2) is 5.16 Å². The minimum atomic E-state index is -0.114. The smallest absolute Gasteiger partial charge is 0.268 e. The monoisotopic (exact) mass is 365 g/mol. The number of aromatic nitrogens is 2. The van der Waals surface area contributed by atoms with Crippen molar-refractivity contribution < 1.29 is 9.21 Å². The number of hydrogen-bond donors (Lipinski definition) is 1. The van der Waals surface area contributed by atoms with Crippen molar-refractivity contribution in [1.82, 2.24) is 14.9 Å². The Morgan fingerprint density at radius 1 is 1.58 bits per heavy atom. The lowest BCUT2D eigenvalue weighted by Gasteiger charge is -2.11. The highest BCUT2D eigenvalue weighted by Gasteiger charge is 2.26. The first-order valence-corrected chi connectivity index (χ1v) is 9.67. The van der Waals surface area contributed by atoms with Gasteiger partial charge in [0, 0.05) is 18.2 Å². The highest BCUT2D eigenvalue weighted by molar-refractivity contribution is 8.00. The van der Waals surface area contributed by atoms with Gasteiger partial charge in [-0.1, -0.05) is 18.7 Å². The van der Waals surface area contributed by atoms with Crippen molar-refractivity contribution in [3.63, 3.8) is 0 Å². The van der Waals surface area contributed by atoms with Gasteiger partial charge in [-0.15, -0.1) is 11.8 Å². The summed E-state index contributed by atoms with van der Waals surface area (Å²) in [5.41, 5.74) is 0.871. The molecule has 6 nitrogen and oxygen atoms in total. The first-order valence-electron chi connectivity index (χ1n) is 7.80. The second kappa shape index (κ2) is 7.48. The Kier molecular flexibility index (Phi) is 5.35. The van der Waals surface area contributed by atoms with Crippen LogP contribution >= 0.6 is 23.5 Å². The predicted molar refractivity (Wildman–Crippen MR) is 94.5 cm³/mol. The van der Waals surface area contributed by atoms with Crippen LogP contribution in [0.5, 0.6) is 0 Å². The molecule has 3 rings (SSSR count). The normalized spacial score (nSPS) is 16.2. The summed E-state index contributed by atoms with van der Waals surface area (Å²) in [6.07, 6.45) is 2.38. The molecule has 1 aliphatic heterocycles. The van der Waals surface area contributed by atoms with E-state index in [9.17, 15) is 9.59 Å². The standard InChI is InChI=1S/C16H19N3O3S2/c1-3-19-15(21)14-12(7-10(2)24-14)18-16(19)23-9-13(20)17-8-11-5-4-6-22-11/h4-6,10H,3,7-9H2,1-2H3,(H,17,20)/t10-/m1/s1. The lowest BCUT2D eigenvalue weighted by Crippen LogP contribution is -2.27. The van der Waals surface area contributed by atoms with Gasteiger partial charge >= 0.3 is 0 Å². The molecule has 0 saturated carbocycles. The van der Waals surface area contributed by atoms with E-state index in [2.05, 4.69) is 17.2 Å². The fraction of sp³-hybridized carbons (Fsp3) is 0.438. The molecule has 1 amide bonds. The van der Waals surface area contributed by atoms with Crippen LogP contribution in [-0.2, 0) is 24.3 Å². The van der Waals surface area contributed by atoms with Gasteiger partial charge in [0.1, 0.15) is 5.76 Å². The summed E-state index contributed by atoms with van der Waals surface area (Å²) in [7, 11) is 0. The fourth-order valence-corrected chi connectivity index (χ4v) is 4.52. The zero-order chi connectivity index (χ0) is 17.1. The largest absolute Gasteiger partial charge is 0.467 e. The first kappa shape index (κ1) is 17.2. The fourth-order valence-electron chi connectivity index (χ4n) is 2.50. The molecule has 0 spiro atoms. The van der Waals surface area contributed by atoms with E-state index in [1.54, 1.807) is 28.7 Å². The Hall–Kier alpha value is -1.67. The molecular formula is C16H19N3O3S2. The maximum absolute atomic E-state index is 12.6. The van der Waals surface area contributed by atoms with Crippen molar-refractivity contribution in [2.24, 2.45) is 0 Å². The molecule has 2 aromatic heterocycles. The summed E-state index contributed by atoms with van der Waals surface area (Å²) in [6.45, 7) is 4.92. The van der Waals surface area contributed by atoms with E-state index in [-0.39, 0.29) is 17.2 Å². The number of carbonyl (C=O) groups excluding carboxylic acids is 1. The van der Waals surface area contributed by atoms with Gasteiger partial charge in [0.2, 0.25) is 5.91 Å². The molecule has 0 bridgehead atoms. The van der Waals surface area contributed by atoms with Crippen molar-refractivity contribution in [2.45, 2.75) is 48.7 Å². The van der Waals surface area contributed by atoms with Crippen molar-refractivity contribution in [2.75, 3.05) is 5.75 Å². The number of hydrogen-bond acceptors (Lipinski definition) is 6. The van der Waals surface area contributed by atoms with Crippen LogP contribution in [0.15, 0.2) is 37.7 Å². The molecule has 0 aliphatic carbocycles. The second-order valence-electron chi connectivity index (χ2n) is 5.50. The Labute approximate surface area is 148 Å². The SMILES string of the molecule is CCn1c(SCC(=O)NCc2ccco2)nc2c(c1=O)S[C@H](C)C2. The molecular weight excluding hydrogens is 346 g/mol. The van der Waals surface area contributed by atoms with Crippen LogP contribution in [0.4, 0.5) is 0 Å². The van der Waals surface area contributed by atoms with Crippen LogP contribution in [0, 0.1) is 0 Å². The Bertz CT molecular complexity index is 787. The van der Waals surface area contributed by atoms with Gasteiger partial charge in [-0.3, -0.25) is 14.2 Å². The number of nitrogens with one attached hydrogen (secondary N) is 1. The molecule has 8 heteroatoms. The van der Waals surface area contributed by atoms with Crippen LogP contribution in [0.1, 0.15) is 25.3 Å². The van der Waals surface area contributed by atoms with Gasteiger partial charge in [0.25, 0.3) is 5.56 Å². The zero-order valence-corrected chi connectivity index (χ0v) is 15.2. The third kappa shape index (κ3) is 3.70. The average Bonchev–Trinajstić information content (AvgIpc) is 3.20. The van der Waals surface area contributed by atoms with E-state index < -0.39 is 0 Å². The van der Waals surface area contributed by atoms with Crippen LogP contribution in [0.25, 0.3) is 0 Å². The number of nitrogens with zero attached hydrogens (tertiary/aromatic N) is 2. The van der Waals surface area contributed by atoms with Gasteiger partial charge < -0.3 is 9.73 Å². The minimum absolute atomic E-state index is 0.00958. The molecule has 0 unspecified atom stereocenters. The molecule has 1 N–H and O–H groups in total. The number of amides is 1. The first-order chi connectivity index (χ1) is 11.6. The highest BCUT2D eigenvalue weighted by atomic mass is 32.2. The van der Waals surface area contributed by atoms with Crippen molar-refractivity contribution in [3.8, 4) is 0 Å². The number of thioether (sulfide) groups is 2. The summed E-state index contributed by atoms with van der Waals surface area (Å²) in [6, 6.07) is 3.59. The van der Waals surface area contributed by atoms with E-state index in [4.69, 9.17) is 4.42 Å². The van der Waals surface area contributed by atoms with Crippen LogP contribution in [-0.4, -0.2) is 26.5 Å². The van der Waals surface area contributed by atoms with E-state index in [1.807, 2.05) is 13.0 Å². The van der Waals surface area contributed by atoms with E-state index in [1.165, 1.54) is 11.8 Å². The second-order valence-corrected chi connectivity index (χ2v) is 7.89. The highest BCUT2D eigenvalue weighted by Crippen LogP contribution is 2.34. The summed E-state index contributed by atoms with van der Waals surface area (Å²) in [5, 5.41) is 3.79. The van der Waals surface area contributed by atoms with E-state index in [0.29, 0.717) is 29.3 Å². The number of fused-ring (bicyclic) bond motifs is 1. The lowest BCUT2D eigenvalue weighted by molar-refractivity contribution is -0.118. The Balaban J connectivity index is 1.66. The van der Waals surface area contributed by atoms with Gasteiger partial charge in [-0.25, -0.2) is 4.98 Å². The number of furan rings is 1. The van der Waals surface area contributed by atoms with Crippen LogP contribution < -0.4 is 10.9 Å². The topological polar surface area (TPSA) is 77.1 Å². The van der Waals surface area contributed by atoms with E-state index in [0.717, 1.165) is 17.0 Å². The van der Waals surface area contributed by atoms with Crippen molar-refractivity contribution >= 4 is 29.4 Å². The minimum Gasteiger partial charge on any atom is -0.467 e.